The third-order valence-electron chi connectivity index (χ3n) is 4.26. The van der Waals surface area contributed by atoms with Crippen LogP contribution in [0.25, 0.3) is 11.1 Å². The van der Waals surface area contributed by atoms with Gasteiger partial charge in [0.1, 0.15) is 6.54 Å². The number of rotatable bonds is 6. The quantitative estimate of drug-likeness (QED) is 0.564. The Labute approximate surface area is 162 Å². The number of nitrogens with one attached hydrogen (secondary N) is 1. The van der Waals surface area contributed by atoms with E-state index in [0.29, 0.717) is 12.4 Å². The highest BCUT2D eigenvalue weighted by Gasteiger charge is 2.09. The second kappa shape index (κ2) is 7.87. The Hall–Kier alpha value is -3.74. The van der Waals surface area contributed by atoms with Crippen LogP contribution in [0.15, 0.2) is 73.3 Å². The lowest BCUT2D eigenvalue weighted by Gasteiger charge is -2.03. The molecule has 0 aliphatic heterocycles. The highest BCUT2D eigenvalue weighted by atomic mass is 16.2. The summed E-state index contributed by atoms with van der Waals surface area (Å²) in [6, 6.07) is 15.7. The van der Waals surface area contributed by atoms with Crippen LogP contribution in [0.1, 0.15) is 11.3 Å². The molecule has 7 heteroatoms. The topological polar surface area (TPSA) is 77.6 Å². The maximum atomic E-state index is 12.3. The fourth-order valence-electron chi connectivity index (χ4n) is 2.94. The zero-order valence-electron chi connectivity index (χ0n) is 15.5. The molecular formula is C21H20N6O. The highest BCUT2D eigenvalue weighted by Crippen LogP contribution is 2.18. The molecule has 0 fully saturated rings. The first-order valence-corrected chi connectivity index (χ1v) is 8.98. The van der Waals surface area contributed by atoms with E-state index < -0.39 is 0 Å². The summed E-state index contributed by atoms with van der Waals surface area (Å²) in [6.45, 7) is 2.72. The molecule has 140 valence electrons. The zero-order chi connectivity index (χ0) is 19.3. The Morgan fingerprint density at radius 2 is 1.93 bits per heavy atom. The van der Waals surface area contributed by atoms with Crippen molar-refractivity contribution in [1.82, 2.24) is 24.5 Å². The molecule has 1 aromatic carbocycles. The van der Waals surface area contributed by atoms with Crippen molar-refractivity contribution in [3.63, 3.8) is 0 Å². The van der Waals surface area contributed by atoms with Gasteiger partial charge in [0.05, 0.1) is 12.7 Å². The van der Waals surface area contributed by atoms with E-state index in [2.05, 4.69) is 20.5 Å². The van der Waals surface area contributed by atoms with Crippen LogP contribution in [0.3, 0.4) is 0 Å². The normalized spacial score (nSPS) is 10.8. The SMILES string of the molecule is Cc1cc(-c2cnn(CC(=O)Nc3ccn(Cc4ccccc4)n3)c2)ccn1. The van der Waals surface area contributed by atoms with Crippen molar-refractivity contribution >= 4 is 11.7 Å². The van der Waals surface area contributed by atoms with Gasteiger partial charge < -0.3 is 5.32 Å². The van der Waals surface area contributed by atoms with Crippen LogP contribution in [0.2, 0.25) is 0 Å². The summed E-state index contributed by atoms with van der Waals surface area (Å²) >= 11 is 0. The number of hydrogen-bond acceptors (Lipinski definition) is 4. The minimum atomic E-state index is -0.175. The van der Waals surface area contributed by atoms with Gasteiger partial charge in [-0.2, -0.15) is 10.2 Å². The van der Waals surface area contributed by atoms with E-state index in [1.54, 1.807) is 27.8 Å². The molecule has 28 heavy (non-hydrogen) atoms. The molecule has 0 unspecified atom stereocenters. The molecule has 0 atom stereocenters. The van der Waals surface area contributed by atoms with Gasteiger partial charge in [-0.3, -0.25) is 19.1 Å². The molecule has 0 aliphatic rings. The molecule has 4 aromatic rings. The predicted molar refractivity (Wildman–Crippen MR) is 107 cm³/mol. The second-order valence-electron chi connectivity index (χ2n) is 6.54. The average Bonchev–Trinajstić information content (AvgIpc) is 3.32. The summed E-state index contributed by atoms with van der Waals surface area (Å²) in [5.74, 6) is 0.351. The number of carbonyl (C=O) groups is 1. The summed E-state index contributed by atoms with van der Waals surface area (Å²) in [6.07, 6.45) is 7.21. The van der Waals surface area contributed by atoms with Gasteiger partial charge in [0.25, 0.3) is 0 Å². The third kappa shape index (κ3) is 4.32. The molecule has 0 spiro atoms. The van der Waals surface area contributed by atoms with Gasteiger partial charge in [0, 0.05) is 35.9 Å². The van der Waals surface area contributed by atoms with E-state index in [-0.39, 0.29) is 12.5 Å². The summed E-state index contributed by atoms with van der Waals surface area (Å²) < 4.78 is 3.41. The summed E-state index contributed by atoms with van der Waals surface area (Å²) in [5.41, 5.74) is 4.07. The molecule has 3 aromatic heterocycles. The van der Waals surface area contributed by atoms with Gasteiger partial charge in [0.2, 0.25) is 5.91 Å². The standard InChI is InChI=1S/C21H20N6O/c1-16-11-18(7-9-22-16)19-12-23-27(14-19)15-21(28)24-20-8-10-26(25-20)13-17-5-3-2-4-6-17/h2-12,14H,13,15H2,1H3,(H,24,25,28). The number of anilines is 1. The molecule has 1 amide bonds. The first-order valence-electron chi connectivity index (χ1n) is 8.98. The molecule has 0 radical (unpaired) electrons. The predicted octanol–water partition coefficient (Wildman–Crippen LogP) is 3.14. The van der Waals surface area contributed by atoms with Crippen LogP contribution in [0.5, 0.6) is 0 Å². The molecule has 7 nitrogen and oxygen atoms in total. The number of nitrogens with zero attached hydrogens (tertiary/aromatic N) is 5. The van der Waals surface area contributed by atoms with E-state index in [1.807, 2.05) is 61.8 Å². The highest BCUT2D eigenvalue weighted by molar-refractivity contribution is 5.89. The number of carbonyl (C=O) groups excluding carboxylic acids is 1. The number of aromatic nitrogens is 5. The minimum absolute atomic E-state index is 0.121. The van der Waals surface area contributed by atoms with Crippen LogP contribution >= 0.6 is 0 Å². The number of benzene rings is 1. The van der Waals surface area contributed by atoms with Crippen LogP contribution in [0, 0.1) is 6.92 Å². The van der Waals surface area contributed by atoms with Gasteiger partial charge in [-0.05, 0) is 30.2 Å². The molecule has 3 heterocycles. The Morgan fingerprint density at radius 3 is 2.75 bits per heavy atom. The second-order valence-corrected chi connectivity index (χ2v) is 6.54. The largest absolute Gasteiger partial charge is 0.308 e. The Bertz CT molecular complexity index is 1080. The van der Waals surface area contributed by atoms with Crippen LogP contribution < -0.4 is 5.32 Å². The van der Waals surface area contributed by atoms with E-state index >= 15 is 0 Å². The summed E-state index contributed by atoms with van der Waals surface area (Å²) in [5, 5.41) is 11.5. The van der Waals surface area contributed by atoms with E-state index in [0.717, 1.165) is 22.4 Å². The van der Waals surface area contributed by atoms with Gasteiger partial charge in [-0.15, -0.1) is 0 Å². The van der Waals surface area contributed by atoms with Crippen LogP contribution in [0.4, 0.5) is 5.82 Å². The molecule has 4 rings (SSSR count). The van der Waals surface area contributed by atoms with Crippen molar-refractivity contribution in [3.8, 4) is 11.1 Å². The lowest BCUT2D eigenvalue weighted by Crippen LogP contribution is -2.19. The molecule has 0 bridgehead atoms. The van der Waals surface area contributed by atoms with Gasteiger partial charge >= 0.3 is 0 Å². The summed E-state index contributed by atoms with van der Waals surface area (Å²) in [4.78, 5) is 16.5. The molecule has 0 saturated carbocycles. The maximum absolute atomic E-state index is 12.3. The van der Waals surface area contributed by atoms with Gasteiger partial charge in [-0.1, -0.05) is 30.3 Å². The first-order chi connectivity index (χ1) is 13.7. The lowest BCUT2D eigenvalue weighted by molar-refractivity contribution is -0.116. The molecule has 0 saturated heterocycles. The molecule has 1 N–H and O–H groups in total. The van der Waals surface area contributed by atoms with Gasteiger partial charge in [0.15, 0.2) is 5.82 Å². The number of pyridine rings is 1. The lowest BCUT2D eigenvalue weighted by atomic mass is 10.1. The smallest absolute Gasteiger partial charge is 0.247 e. The minimum Gasteiger partial charge on any atom is -0.308 e. The Morgan fingerprint density at radius 1 is 1.07 bits per heavy atom. The van der Waals surface area contributed by atoms with Crippen LogP contribution in [-0.2, 0) is 17.9 Å². The van der Waals surface area contributed by atoms with E-state index in [4.69, 9.17) is 0 Å². The Balaban J connectivity index is 1.36. The zero-order valence-corrected chi connectivity index (χ0v) is 15.5. The Kier molecular flexibility index (Phi) is 4.97. The first kappa shape index (κ1) is 17.7. The van der Waals surface area contributed by atoms with Crippen molar-refractivity contribution < 1.29 is 4.79 Å². The van der Waals surface area contributed by atoms with E-state index in [9.17, 15) is 4.79 Å². The number of amides is 1. The average molecular weight is 372 g/mol. The molecular weight excluding hydrogens is 352 g/mol. The van der Waals surface area contributed by atoms with Crippen molar-refractivity contribution in [3.05, 3.63) is 84.6 Å². The van der Waals surface area contributed by atoms with Crippen LogP contribution in [-0.4, -0.2) is 30.5 Å². The number of hydrogen-bond donors (Lipinski definition) is 1. The summed E-state index contributed by atoms with van der Waals surface area (Å²) in [7, 11) is 0. The van der Waals surface area contributed by atoms with Crippen molar-refractivity contribution in [2.45, 2.75) is 20.0 Å². The van der Waals surface area contributed by atoms with Crippen molar-refractivity contribution in [1.29, 1.82) is 0 Å². The van der Waals surface area contributed by atoms with Gasteiger partial charge in [-0.25, -0.2) is 0 Å². The number of aryl methyl sites for hydroxylation is 1. The third-order valence-corrected chi connectivity index (χ3v) is 4.26. The monoisotopic (exact) mass is 372 g/mol. The van der Waals surface area contributed by atoms with E-state index in [1.165, 1.54) is 0 Å². The van der Waals surface area contributed by atoms with Crippen molar-refractivity contribution in [2.75, 3.05) is 5.32 Å². The maximum Gasteiger partial charge on any atom is 0.247 e. The molecule has 0 aliphatic carbocycles. The fraction of sp³-hybridized carbons (Fsp3) is 0.143. The van der Waals surface area contributed by atoms with Crippen molar-refractivity contribution in [2.24, 2.45) is 0 Å². The fourth-order valence-corrected chi connectivity index (χ4v) is 2.94.